The van der Waals surface area contributed by atoms with E-state index in [9.17, 15) is 9.59 Å². The minimum atomic E-state index is 0.0598. The van der Waals surface area contributed by atoms with Gasteiger partial charge in [0.2, 0.25) is 5.91 Å². The van der Waals surface area contributed by atoms with Crippen LogP contribution in [0.2, 0.25) is 0 Å². The van der Waals surface area contributed by atoms with Crippen molar-refractivity contribution >= 4 is 34.5 Å². The zero-order valence-corrected chi connectivity index (χ0v) is 15.1. The Morgan fingerprint density at radius 1 is 1.04 bits per heavy atom. The zero-order valence-electron chi connectivity index (χ0n) is 13.4. The molecule has 1 aliphatic rings. The summed E-state index contributed by atoms with van der Waals surface area (Å²) in [6.45, 7) is 3.94. The van der Waals surface area contributed by atoms with Gasteiger partial charge in [-0.15, -0.1) is 22.7 Å². The highest BCUT2D eigenvalue weighted by Crippen LogP contribution is 2.13. The molecule has 0 bridgehead atoms. The molecule has 0 aromatic carbocycles. The Kier molecular flexibility index (Phi) is 6.01. The summed E-state index contributed by atoms with van der Waals surface area (Å²) in [5.41, 5.74) is 0. The van der Waals surface area contributed by atoms with Gasteiger partial charge in [-0.25, -0.2) is 0 Å². The number of thiophene rings is 2. The molecule has 7 heteroatoms. The molecule has 1 saturated heterocycles. The largest absolute Gasteiger partial charge is 0.355 e. The number of carbonyl (C=O) groups excluding carboxylic acids is 2. The van der Waals surface area contributed by atoms with Crippen molar-refractivity contribution in [1.82, 2.24) is 15.1 Å². The summed E-state index contributed by atoms with van der Waals surface area (Å²) in [5, 5.41) is 6.94. The van der Waals surface area contributed by atoms with Crippen LogP contribution in [-0.4, -0.2) is 60.9 Å². The van der Waals surface area contributed by atoms with Gasteiger partial charge in [0.1, 0.15) is 0 Å². The van der Waals surface area contributed by atoms with Crippen LogP contribution in [0.4, 0.5) is 0 Å². The van der Waals surface area contributed by atoms with Crippen molar-refractivity contribution in [3.05, 3.63) is 44.8 Å². The Hall–Kier alpha value is -1.70. The molecule has 0 saturated carbocycles. The van der Waals surface area contributed by atoms with Gasteiger partial charge >= 0.3 is 0 Å². The minimum Gasteiger partial charge on any atom is -0.355 e. The van der Waals surface area contributed by atoms with Crippen LogP contribution >= 0.6 is 22.7 Å². The van der Waals surface area contributed by atoms with E-state index in [-0.39, 0.29) is 11.8 Å². The van der Waals surface area contributed by atoms with Gasteiger partial charge in [-0.1, -0.05) is 12.1 Å². The molecule has 0 aliphatic carbocycles. The monoisotopic (exact) mass is 363 g/mol. The molecule has 3 heterocycles. The fourth-order valence-corrected chi connectivity index (χ4v) is 4.10. The van der Waals surface area contributed by atoms with E-state index in [1.165, 1.54) is 16.2 Å². The Bertz CT molecular complexity index is 647. The number of hydrogen-bond donors (Lipinski definition) is 1. The summed E-state index contributed by atoms with van der Waals surface area (Å²) in [7, 11) is 0. The summed E-state index contributed by atoms with van der Waals surface area (Å²) >= 11 is 3.19. The molecule has 3 rings (SSSR count). The summed E-state index contributed by atoms with van der Waals surface area (Å²) in [5.74, 6) is 0.162. The maximum absolute atomic E-state index is 12.3. The lowest BCUT2D eigenvalue weighted by Gasteiger charge is -2.34. The average Bonchev–Trinajstić information content (AvgIpc) is 3.29. The fraction of sp³-hybridized carbons (Fsp3) is 0.412. The number of nitrogens with one attached hydrogen (secondary N) is 1. The van der Waals surface area contributed by atoms with E-state index in [1.807, 2.05) is 33.9 Å². The number of nitrogens with zero attached hydrogens (tertiary/aromatic N) is 2. The summed E-state index contributed by atoms with van der Waals surface area (Å²) < 4.78 is 0. The van der Waals surface area contributed by atoms with Crippen LogP contribution in [0.3, 0.4) is 0 Å². The molecule has 2 aromatic rings. The molecular formula is C17H21N3O2S2. The van der Waals surface area contributed by atoms with Crippen LogP contribution in [0.25, 0.3) is 0 Å². The second kappa shape index (κ2) is 8.41. The van der Waals surface area contributed by atoms with E-state index in [1.54, 1.807) is 11.3 Å². The maximum atomic E-state index is 12.3. The van der Waals surface area contributed by atoms with E-state index < -0.39 is 0 Å². The third-order valence-corrected chi connectivity index (χ3v) is 5.83. The Labute approximate surface area is 149 Å². The standard InChI is InChI=1S/C17H21N3O2S2/c21-16(18-6-5-14-3-1-11-23-14)13-19-7-9-20(10-8-19)17(22)15-4-2-12-24-15/h1-4,11-12H,5-10,13H2,(H,18,21). The normalized spacial score (nSPS) is 15.4. The van der Waals surface area contributed by atoms with E-state index in [0.29, 0.717) is 26.2 Å². The van der Waals surface area contributed by atoms with Crippen molar-refractivity contribution in [3.63, 3.8) is 0 Å². The number of hydrogen-bond acceptors (Lipinski definition) is 5. The second-order valence-electron chi connectivity index (χ2n) is 5.72. The van der Waals surface area contributed by atoms with Crippen LogP contribution in [0.15, 0.2) is 35.0 Å². The maximum Gasteiger partial charge on any atom is 0.264 e. The Morgan fingerprint density at radius 2 is 1.79 bits per heavy atom. The third kappa shape index (κ3) is 4.66. The van der Waals surface area contributed by atoms with Crippen LogP contribution in [-0.2, 0) is 11.2 Å². The summed E-state index contributed by atoms with van der Waals surface area (Å²) in [4.78, 5) is 30.4. The van der Waals surface area contributed by atoms with Crippen LogP contribution in [0.5, 0.6) is 0 Å². The molecule has 0 radical (unpaired) electrons. The highest BCUT2D eigenvalue weighted by molar-refractivity contribution is 7.12. The topological polar surface area (TPSA) is 52.7 Å². The highest BCUT2D eigenvalue weighted by atomic mass is 32.1. The van der Waals surface area contributed by atoms with E-state index in [0.717, 1.165) is 24.4 Å². The van der Waals surface area contributed by atoms with Crippen LogP contribution in [0, 0.1) is 0 Å². The van der Waals surface area contributed by atoms with Crippen molar-refractivity contribution < 1.29 is 9.59 Å². The molecule has 1 aliphatic heterocycles. The van der Waals surface area contributed by atoms with Crippen molar-refractivity contribution in [2.45, 2.75) is 6.42 Å². The number of piperazine rings is 1. The Morgan fingerprint density at radius 3 is 2.46 bits per heavy atom. The van der Waals surface area contributed by atoms with E-state index in [2.05, 4.69) is 16.3 Å². The van der Waals surface area contributed by atoms with Gasteiger partial charge in [0.05, 0.1) is 11.4 Å². The van der Waals surface area contributed by atoms with E-state index in [4.69, 9.17) is 0 Å². The van der Waals surface area contributed by atoms with Crippen molar-refractivity contribution in [3.8, 4) is 0 Å². The molecule has 2 amide bonds. The first kappa shape index (κ1) is 17.1. The zero-order chi connectivity index (χ0) is 16.8. The van der Waals surface area contributed by atoms with Gasteiger partial charge in [-0.3, -0.25) is 14.5 Å². The van der Waals surface area contributed by atoms with Gasteiger partial charge in [0.15, 0.2) is 0 Å². The molecule has 128 valence electrons. The lowest BCUT2D eigenvalue weighted by Crippen LogP contribution is -2.51. The summed E-state index contributed by atoms with van der Waals surface area (Å²) in [6.07, 6.45) is 0.881. The lowest BCUT2D eigenvalue weighted by molar-refractivity contribution is -0.122. The molecule has 24 heavy (non-hydrogen) atoms. The Balaban J connectivity index is 1.36. The van der Waals surface area contributed by atoms with Gasteiger partial charge in [-0.05, 0) is 29.3 Å². The number of rotatable bonds is 6. The van der Waals surface area contributed by atoms with Crippen molar-refractivity contribution in [2.75, 3.05) is 39.3 Å². The summed E-state index contributed by atoms with van der Waals surface area (Å²) in [6, 6.07) is 7.87. The van der Waals surface area contributed by atoms with Gasteiger partial charge in [0, 0.05) is 37.6 Å². The second-order valence-corrected chi connectivity index (χ2v) is 7.70. The van der Waals surface area contributed by atoms with Crippen LogP contribution in [0.1, 0.15) is 14.5 Å². The first-order chi connectivity index (χ1) is 11.7. The molecule has 0 atom stereocenters. The molecule has 2 aromatic heterocycles. The van der Waals surface area contributed by atoms with Crippen LogP contribution < -0.4 is 5.32 Å². The SMILES string of the molecule is O=C(CN1CCN(C(=O)c2cccs2)CC1)NCCc1cccs1. The van der Waals surface area contributed by atoms with Gasteiger partial charge < -0.3 is 10.2 Å². The first-order valence-electron chi connectivity index (χ1n) is 8.06. The number of carbonyl (C=O) groups is 2. The van der Waals surface area contributed by atoms with Crippen molar-refractivity contribution in [1.29, 1.82) is 0 Å². The average molecular weight is 364 g/mol. The predicted molar refractivity (Wildman–Crippen MR) is 97.7 cm³/mol. The minimum absolute atomic E-state index is 0.0598. The highest BCUT2D eigenvalue weighted by Gasteiger charge is 2.23. The lowest BCUT2D eigenvalue weighted by atomic mass is 10.3. The molecule has 0 unspecified atom stereocenters. The molecule has 1 N–H and O–H groups in total. The number of amides is 2. The van der Waals surface area contributed by atoms with Gasteiger partial charge in [0.25, 0.3) is 5.91 Å². The first-order valence-corrected chi connectivity index (χ1v) is 9.82. The molecule has 5 nitrogen and oxygen atoms in total. The molecular weight excluding hydrogens is 342 g/mol. The van der Waals surface area contributed by atoms with E-state index >= 15 is 0 Å². The molecule has 1 fully saturated rings. The van der Waals surface area contributed by atoms with Crippen molar-refractivity contribution in [2.24, 2.45) is 0 Å². The van der Waals surface area contributed by atoms with Gasteiger partial charge in [-0.2, -0.15) is 0 Å². The smallest absolute Gasteiger partial charge is 0.264 e. The fourth-order valence-electron chi connectivity index (χ4n) is 2.70. The molecule has 0 spiro atoms. The third-order valence-electron chi connectivity index (χ3n) is 4.03. The predicted octanol–water partition coefficient (Wildman–Crippen LogP) is 1.93. The quantitative estimate of drug-likeness (QED) is 0.853.